The van der Waals surface area contributed by atoms with Crippen LogP contribution in [0, 0.1) is 6.92 Å². The van der Waals surface area contributed by atoms with Gasteiger partial charge in [0.25, 0.3) is 0 Å². The van der Waals surface area contributed by atoms with E-state index in [9.17, 15) is 18.3 Å². The number of amides is 1. The van der Waals surface area contributed by atoms with Gasteiger partial charge in [-0.25, -0.2) is 8.42 Å². The molecule has 2 aromatic carbocycles. The van der Waals surface area contributed by atoms with Crippen LogP contribution in [0.3, 0.4) is 0 Å². The van der Waals surface area contributed by atoms with Crippen LogP contribution in [-0.4, -0.2) is 82.3 Å². The zero-order valence-electron chi connectivity index (χ0n) is 23.5. The number of carbonyl (C=O) groups is 1. The number of nitrogens with one attached hydrogen (secondary N) is 1. The number of piperidine rings is 1. The third kappa shape index (κ3) is 5.51. The van der Waals surface area contributed by atoms with Crippen LogP contribution in [0.15, 0.2) is 59.8 Å². The molecule has 3 aromatic rings. The first-order valence-electron chi connectivity index (χ1n) is 14.2. The predicted octanol–water partition coefficient (Wildman–Crippen LogP) is 2.45. The maximum Gasteiger partial charge on any atom is 0.247 e. The number of carbonyl (C=O) groups excluding carboxylic acids is 1. The molecular formula is C30H37N5O5S. The first-order valence-corrected chi connectivity index (χ1v) is 15.6. The number of fused-ring (bicyclic) bond motifs is 2. The Hall–Kier alpha value is -3.25. The van der Waals surface area contributed by atoms with Crippen molar-refractivity contribution < 1.29 is 23.1 Å². The maximum atomic E-state index is 13.9. The van der Waals surface area contributed by atoms with Crippen molar-refractivity contribution in [1.82, 2.24) is 24.3 Å². The molecule has 2 N–H and O–H groups in total. The molecule has 2 fully saturated rings. The van der Waals surface area contributed by atoms with Crippen LogP contribution in [0.2, 0.25) is 0 Å². The molecule has 0 aliphatic carbocycles. The number of benzene rings is 2. The van der Waals surface area contributed by atoms with Crippen molar-refractivity contribution in [2.45, 2.75) is 61.7 Å². The molecule has 3 aliphatic rings. The van der Waals surface area contributed by atoms with Crippen LogP contribution in [0.1, 0.15) is 36.8 Å². The van der Waals surface area contributed by atoms with Crippen LogP contribution in [0.25, 0.3) is 11.1 Å². The van der Waals surface area contributed by atoms with E-state index in [-0.39, 0.29) is 36.1 Å². The Labute approximate surface area is 241 Å². The van der Waals surface area contributed by atoms with Crippen molar-refractivity contribution in [3.05, 3.63) is 66.0 Å². The number of likely N-dealkylation sites (tertiary alicyclic amines) is 1. The Morgan fingerprint density at radius 2 is 1.90 bits per heavy atom. The first kappa shape index (κ1) is 27.9. The summed E-state index contributed by atoms with van der Waals surface area (Å²) in [5, 5.41) is 18.0. The highest BCUT2D eigenvalue weighted by atomic mass is 32.2. The molecule has 2 atom stereocenters. The molecule has 0 unspecified atom stereocenters. The van der Waals surface area contributed by atoms with Crippen molar-refractivity contribution in [2.24, 2.45) is 7.05 Å². The normalized spacial score (nSPS) is 24.6. The largest absolute Gasteiger partial charge is 0.492 e. The van der Waals surface area contributed by atoms with Crippen molar-refractivity contribution in [1.29, 1.82) is 0 Å². The molecular weight excluding hydrogens is 542 g/mol. The minimum Gasteiger partial charge on any atom is -0.492 e. The molecule has 218 valence electrons. The molecule has 1 amide bonds. The minimum atomic E-state index is -4.13. The van der Waals surface area contributed by atoms with Crippen molar-refractivity contribution in [3.63, 3.8) is 0 Å². The summed E-state index contributed by atoms with van der Waals surface area (Å²) in [5.74, 6) is -0.110. The highest BCUT2D eigenvalue weighted by Gasteiger charge is 2.47. The number of aliphatic hydroxyl groups excluding tert-OH is 1. The van der Waals surface area contributed by atoms with Gasteiger partial charge in [-0.05, 0) is 48.6 Å². The fourth-order valence-electron chi connectivity index (χ4n) is 6.30. The highest BCUT2D eigenvalue weighted by molar-refractivity contribution is 7.89. The summed E-state index contributed by atoms with van der Waals surface area (Å²) in [6.07, 6.45) is 4.70. The third-order valence-corrected chi connectivity index (χ3v) is 10.7. The van der Waals surface area contributed by atoms with Gasteiger partial charge in [0.2, 0.25) is 15.9 Å². The van der Waals surface area contributed by atoms with E-state index in [1.807, 2.05) is 19.3 Å². The second-order valence-corrected chi connectivity index (χ2v) is 13.5. The lowest BCUT2D eigenvalue weighted by Crippen LogP contribution is -2.59. The average molecular weight is 580 g/mol. The molecule has 10 nitrogen and oxygen atoms in total. The Balaban J connectivity index is 1.30. The number of aryl methyl sites for hydroxylation is 2. The van der Waals surface area contributed by atoms with Crippen molar-refractivity contribution in [3.8, 4) is 16.9 Å². The molecule has 0 bridgehead atoms. The molecule has 11 heteroatoms. The Kier molecular flexibility index (Phi) is 7.39. The SMILES string of the molecule is Cc1ccccc1CN1CCC2(CCOc3cc(-c4cnn(C)c4)ccc3S(=O)(=O)N3C[C@H](O)C[C@H]3C(=O)N2)CC1. The molecule has 0 saturated carbocycles. The summed E-state index contributed by atoms with van der Waals surface area (Å²) in [6, 6.07) is 12.4. The third-order valence-electron chi connectivity index (χ3n) is 8.80. The first-order chi connectivity index (χ1) is 19.6. The highest BCUT2D eigenvalue weighted by Crippen LogP contribution is 2.37. The van der Waals surface area contributed by atoms with Crippen molar-refractivity contribution in [2.75, 3.05) is 26.2 Å². The second kappa shape index (κ2) is 10.9. The summed E-state index contributed by atoms with van der Waals surface area (Å²) < 4.78 is 36.9. The zero-order valence-corrected chi connectivity index (χ0v) is 24.3. The van der Waals surface area contributed by atoms with Crippen LogP contribution in [0.4, 0.5) is 0 Å². The number of aliphatic hydroxyl groups is 1. The van der Waals surface area contributed by atoms with Gasteiger partial charge >= 0.3 is 0 Å². The van der Waals surface area contributed by atoms with E-state index in [0.29, 0.717) is 6.42 Å². The lowest BCUT2D eigenvalue weighted by molar-refractivity contribution is -0.127. The fourth-order valence-corrected chi connectivity index (χ4v) is 8.05. The molecule has 6 rings (SSSR count). The van der Waals surface area contributed by atoms with Gasteiger partial charge in [-0.2, -0.15) is 9.40 Å². The number of hydrogen-bond acceptors (Lipinski definition) is 7. The lowest BCUT2D eigenvalue weighted by Gasteiger charge is -2.43. The quantitative estimate of drug-likeness (QED) is 0.490. The van der Waals surface area contributed by atoms with E-state index in [2.05, 4.69) is 40.4 Å². The molecule has 1 spiro atoms. The van der Waals surface area contributed by atoms with Gasteiger partial charge in [0.1, 0.15) is 16.7 Å². The molecule has 3 aliphatic heterocycles. The van der Waals surface area contributed by atoms with E-state index in [1.165, 1.54) is 17.2 Å². The Morgan fingerprint density at radius 1 is 1.12 bits per heavy atom. The van der Waals surface area contributed by atoms with E-state index < -0.39 is 27.7 Å². The molecule has 1 aromatic heterocycles. The van der Waals surface area contributed by atoms with Crippen LogP contribution >= 0.6 is 0 Å². The smallest absolute Gasteiger partial charge is 0.247 e. The molecule has 4 heterocycles. The molecule has 2 saturated heterocycles. The van der Waals surface area contributed by atoms with E-state index in [1.54, 1.807) is 23.0 Å². The number of hydrogen-bond donors (Lipinski definition) is 2. The van der Waals surface area contributed by atoms with E-state index in [0.717, 1.165) is 47.9 Å². The second-order valence-electron chi connectivity index (χ2n) is 11.6. The van der Waals surface area contributed by atoms with Gasteiger partial charge in [0.15, 0.2) is 0 Å². The topological polar surface area (TPSA) is 117 Å². The number of ether oxygens (including phenoxy) is 1. The fraction of sp³-hybridized carbons (Fsp3) is 0.467. The lowest BCUT2D eigenvalue weighted by atomic mass is 9.84. The van der Waals surface area contributed by atoms with Gasteiger partial charge in [0.05, 0.1) is 18.9 Å². The Morgan fingerprint density at radius 3 is 2.63 bits per heavy atom. The summed E-state index contributed by atoms with van der Waals surface area (Å²) in [6.45, 7) is 4.68. The van der Waals surface area contributed by atoms with Crippen LogP contribution < -0.4 is 10.1 Å². The summed E-state index contributed by atoms with van der Waals surface area (Å²) in [7, 11) is -2.30. The van der Waals surface area contributed by atoms with Gasteiger partial charge in [-0.1, -0.05) is 30.3 Å². The number of sulfonamides is 1. The standard InChI is InChI=1S/C30H37N5O5S/c1-21-5-3-4-6-23(21)19-34-12-9-30(10-13-34)11-14-40-27-15-22(24-17-31-33(2)18-24)7-8-28(27)41(38,39)35-20-25(36)16-26(35)29(37)32-30/h3-8,15,17-18,25-26,36H,9-14,16,19-20H2,1-2H3,(H,32,37)/t25-,26+/m1/s1. The molecule has 0 radical (unpaired) electrons. The van der Waals surface area contributed by atoms with Crippen LogP contribution in [-0.2, 0) is 28.4 Å². The van der Waals surface area contributed by atoms with Crippen LogP contribution in [0.5, 0.6) is 5.75 Å². The monoisotopic (exact) mass is 579 g/mol. The zero-order chi connectivity index (χ0) is 28.8. The summed E-state index contributed by atoms with van der Waals surface area (Å²) in [5.41, 5.74) is 3.64. The van der Waals surface area contributed by atoms with Gasteiger partial charge < -0.3 is 15.2 Å². The van der Waals surface area contributed by atoms with Crippen molar-refractivity contribution >= 4 is 15.9 Å². The van der Waals surface area contributed by atoms with Gasteiger partial charge in [0, 0.05) is 63.4 Å². The summed E-state index contributed by atoms with van der Waals surface area (Å²) in [4.78, 5) is 16.1. The van der Waals surface area contributed by atoms with E-state index in [4.69, 9.17) is 4.74 Å². The minimum absolute atomic E-state index is 0.000963. The van der Waals surface area contributed by atoms with Gasteiger partial charge in [-0.3, -0.25) is 14.4 Å². The molecule has 41 heavy (non-hydrogen) atoms. The Bertz CT molecular complexity index is 1550. The predicted molar refractivity (Wildman–Crippen MR) is 154 cm³/mol. The van der Waals surface area contributed by atoms with E-state index >= 15 is 0 Å². The number of rotatable bonds is 3. The average Bonchev–Trinajstić information content (AvgIpc) is 3.57. The number of nitrogens with zero attached hydrogens (tertiary/aromatic N) is 4. The number of aromatic nitrogens is 2. The van der Waals surface area contributed by atoms with Gasteiger partial charge in [-0.15, -0.1) is 0 Å². The maximum absolute atomic E-state index is 13.9. The summed E-state index contributed by atoms with van der Waals surface area (Å²) >= 11 is 0.